The Morgan fingerprint density at radius 2 is 2.14 bits per heavy atom. The Balaban J connectivity index is 2.28. The van der Waals surface area contributed by atoms with E-state index in [4.69, 9.17) is 10.5 Å². The van der Waals surface area contributed by atoms with Crippen molar-refractivity contribution in [1.82, 2.24) is 4.57 Å². The minimum atomic E-state index is -1.08. The average Bonchev–Trinajstić information content (AvgIpc) is 2.84. The average molecular weight is 288 g/mol. The predicted octanol–water partition coefficient (Wildman–Crippen LogP) is 1.77. The van der Waals surface area contributed by atoms with Crippen LogP contribution in [0.1, 0.15) is 5.56 Å². The van der Waals surface area contributed by atoms with Gasteiger partial charge in [-0.25, -0.2) is 4.79 Å². The second kappa shape index (κ2) is 6.23. The first-order chi connectivity index (χ1) is 10.0. The first kappa shape index (κ1) is 14.8. The molecule has 0 aliphatic carbocycles. The number of nitrogens with two attached hydrogens (primary N) is 1. The number of esters is 1. The number of para-hydroxylation sites is 1. The number of rotatable bonds is 5. The summed E-state index contributed by atoms with van der Waals surface area (Å²) in [6, 6.07) is 6.21. The van der Waals surface area contributed by atoms with Crippen LogP contribution in [0.4, 0.5) is 4.79 Å². The summed E-state index contributed by atoms with van der Waals surface area (Å²) in [5, 5.41) is 9.94. The van der Waals surface area contributed by atoms with Gasteiger partial charge in [-0.05, 0) is 11.6 Å². The summed E-state index contributed by atoms with van der Waals surface area (Å²) in [7, 11) is 0. The molecule has 1 aromatic heterocycles. The van der Waals surface area contributed by atoms with E-state index in [2.05, 4.69) is 6.58 Å². The maximum atomic E-state index is 11.7. The zero-order chi connectivity index (χ0) is 15.4. The summed E-state index contributed by atoms with van der Waals surface area (Å²) in [4.78, 5) is 22.9. The summed E-state index contributed by atoms with van der Waals surface area (Å²) >= 11 is 0. The van der Waals surface area contributed by atoms with E-state index >= 15 is 0 Å². The second-order valence-electron chi connectivity index (χ2n) is 4.55. The SMILES string of the molecule is C=CCOC(=O)[C@@H](N)Cc1cn(C(=O)O)c2ccccc12. The van der Waals surface area contributed by atoms with E-state index in [1.807, 2.05) is 0 Å². The molecular formula is C15H16N2O4. The Kier molecular flexibility index (Phi) is 4.39. The number of benzene rings is 1. The van der Waals surface area contributed by atoms with Crippen molar-refractivity contribution in [2.24, 2.45) is 5.73 Å². The highest BCUT2D eigenvalue weighted by Crippen LogP contribution is 2.22. The Labute approximate surface area is 121 Å². The smallest absolute Gasteiger partial charge is 0.416 e. The van der Waals surface area contributed by atoms with E-state index in [1.165, 1.54) is 12.3 Å². The molecule has 0 aliphatic rings. The summed E-state index contributed by atoms with van der Waals surface area (Å²) in [5.41, 5.74) is 7.05. The Morgan fingerprint density at radius 3 is 2.81 bits per heavy atom. The van der Waals surface area contributed by atoms with Crippen LogP contribution in [0.5, 0.6) is 0 Å². The van der Waals surface area contributed by atoms with Gasteiger partial charge in [-0.3, -0.25) is 9.36 Å². The lowest BCUT2D eigenvalue weighted by molar-refractivity contribution is -0.143. The van der Waals surface area contributed by atoms with Crippen LogP contribution in [0.3, 0.4) is 0 Å². The number of fused-ring (bicyclic) bond motifs is 1. The van der Waals surface area contributed by atoms with Crippen molar-refractivity contribution in [1.29, 1.82) is 0 Å². The van der Waals surface area contributed by atoms with Crippen molar-refractivity contribution >= 4 is 23.0 Å². The number of hydrogen-bond acceptors (Lipinski definition) is 4. The molecule has 21 heavy (non-hydrogen) atoms. The lowest BCUT2D eigenvalue weighted by Gasteiger charge is -2.09. The molecule has 0 radical (unpaired) electrons. The van der Waals surface area contributed by atoms with Gasteiger partial charge in [0.1, 0.15) is 12.6 Å². The monoisotopic (exact) mass is 288 g/mol. The molecule has 0 bridgehead atoms. The second-order valence-corrected chi connectivity index (χ2v) is 4.55. The standard InChI is InChI=1S/C15H16N2O4/c1-2-7-21-14(18)12(16)8-10-9-17(15(19)20)13-6-4-3-5-11(10)13/h2-6,9,12H,1,7-8,16H2,(H,19,20)/t12-/m0/s1. The summed E-state index contributed by atoms with van der Waals surface area (Å²) in [6.07, 6.45) is 2.06. The topological polar surface area (TPSA) is 94.5 Å². The van der Waals surface area contributed by atoms with Gasteiger partial charge in [0.2, 0.25) is 0 Å². The molecule has 3 N–H and O–H groups in total. The van der Waals surface area contributed by atoms with Gasteiger partial charge in [-0.15, -0.1) is 0 Å². The number of aromatic nitrogens is 1. The molecule has 0 unspecified atom stereocenters. The van der Waals surface area contributed by atoms with E-state index in [1.54, 1.807) is 24.3 Å². The van der Waals surface area contributed by atoms with Crippen molar-refractivity contribution < 1.29 is 19.4 Å². The number of hydrogen-bond donors (Lipinski definition) is 2. The maximum Gasteiger partial charge on any atom is 0.416 e. The highest BCUT2D eigenvalue weighted by atomic mass is 16.5. The summed E-state index contributed by atoms with van der Waals surface area (Å²) < 4.78 is 6.00. The van der Waals surface area contributed by atoms with Gasteiger partial charge in [0, 0.05) is 18.0 Å². The Hall–Kier alpha value is -2.60. The fourth-order valence-corrected chi connectivity index (χ4v) is 2.14. The largest absolute Gasteiger partial charge is 0.464 e. The van der Waals surface area contributed by atoms with Crippen LogP contribution in [0.15, 0.2) is 43.1 Å². The lowest BCUT2D eigenvalue weighted by Crippen LogP contribution is -2.34. The van der Waals surface area contributed by atoms with Crippen LogP contribution in [-0.4, -0.2) is 34.4 Å². The van der Waals surface area contributed by atoms with Gasteiger partial charge in [0.25, 0.3) is 0 Å². The van der Waals surface area contributed by atoms with Crippen LogP contribution < -0.4 is 5.73 Å². The molecule has 1 atom stereocenters. The first-order valence-electron chi connectivity index (χ1n) is 6.40. The van der Waals surface area contributed by atoms with E-state index < -0.39 is 18.1 Å². The molecule has 110 valence electrons. The van der Waals surface area contributed by atoms with E-state index in [-0.39, 0.29) is 13.0 Å². The van der Waals surface area contributed by atoms with Gasteiger partial charge < -0.3 is 15.6 Å². The summed E-state index contributed by atoms with van der Waals surface area (Å²) in [6.45, 7) is 3.55. The van der Waals surface area contributed by atoms with Crippen LogP contribution in [0.2, 0.25) is 0 Å². The van der Waals surface area contributed by atoms with Crippen LogP contribution in [0, 0.1) is 0 Å². The minimum absolute atomic E-state index is 0.101. The predicted molar refractivity (Wildman–Crippen MR) is 78.2 cm³/mol. The third-order valence-corrected chi connectivity index (χ3v) is 3.09. The number of ether oxygens (including phenoxy) is 1. The van der Waals surface area contributed by atoms with Crippen LogP contribution in [0.25, 0.3) is 10.9 Å². The Bertz CT molecular complexity index is 690. The number of carbonyl (C=O) groups excluding carboxylic acids is 1. The highest BCUT2D eigenvalue weighted by molar-refractivity contribution is 5.91. The van der Waals surface area contributed by atoms with Gasteiger partial charge in [-0.2, -0.15) is 0 Å². The highest BCUT2D eigenvalue weighted by Gasteiger charge is 2.19. The number of nitrogens with zero attached hydrogens (tertiary/aromatic N) is 1. The van der Waals surface area contributed by atoms with Crippen molar-refractivity contribution in [3.63, 3.8) is 0 Å². The number of carbonyl (C=O) groups is 2. The molecule has 0 fully saturated rings. The fraction of sp³-hybridized carbons (Fsp3) is 0.200. The molecule has 0 spiro atoms. The van der Waals surface area contributed by atoms with Crippen molar-refractivity contribution in [2.45, 2.75) is 12.5 Å². The van der Waals surface area contributed by atoms with E-state index in [9.17, 15) is 14.7 Å². The van der Waals surface area contributed by atoms with Crippen molar-refractivity contribution in [2.75, 3.05) is 6.61 Å². The fourth-order valence-electron chi connectivity index (χ4n) is 2.14. The minimum Gasteiger partial charge on any atom is -0.464 e. The molecule has 0 aliphatic heterocycles. The zero-order valence-electron chi connectivity index (χ0n) is 11.4. The molecule has 2 rings (SSSR count). The van der Waals surface area contributed by atoms with Crippen LogP contribution >= 0.6 is 0 Å². The lowest BCUT2D eigenvalue weighted by atomic mass is 10.1. The van der Waals surface area contributed by atoms with Crippen LogP contribution in [-0.2, 0) is 16.0 Å². The maximum absolute atomic E-state index is 11.7. The molecule has 0 saturated heterocycles. The third-order valence-electron chi connectivity index (χ3n) is 3.09. The molecule has 2 aromatic rings. The molecule has 6 nitrogen and oxygen atoms in total. The zero-order valence-corrected chi connectivity index (χ0v) is 11.4. The van der Waals surface area contributed by atoms with E-state index in [0.29, 0.717) is 11.1 Å². The first-order valence-corrected chi connectivity index (χ1v) is 6.40. The number of carboxylic acid groups (broad SMARTS) is 1. The molecule has 0 amide bonds. The molecule has 6 heteroatoms. The van der Waals surface area contributed by atoms with Crippen molar-refractivity contribution in [3.8, 4) is 0 Å². The normalized spacial score (nSPS) is 12.0. The summed E-state index contributed by atoms with van der Waals surface area (Å²) in [5.74, 6) is -0.540. The molecular weight excluding hydrogens is 272 g/mol. The van der Waals surface area contributed by atoms with Gasteiger partial charge in [-0.1, -0.05) is 30.9 Å². The quantitative estimate of drug-likeness (QED) is 0.646. The molecule has 1 aromatic carbocycles. The molecule has 0 saturated carbocycles. The molecule has 1 heterocycles. The van der Waals surface area contributed by atoms with Gasteiger partial charge >= 0.3 is 12.1 Å². The van der Waals surface area contributed by atoms with Gasteiger partial charge in [0.15, 0.2) is 0 Å². The van der Waals surface area contributed by atoms with Crippen molar-refractivity contribution in [3.05, 3.63) is 48.7 Å². The van der Waals surface area contributed by atoms with E-state index in [0.717, 1.165) is 9.95 Å². The van der Waals surface area contributed by atoms with Gasteiger partial charge in [0.05, 0.1) is 5.52 Å². The Morgan fingerprint density at radius 1 is 1.43 bits per heavy atom. The third kappa shape index (κ3) is 3.11.